The van der Waals surface area contributed by atoms with Gasteiger partial charge in [0.25, 0.3) is 0 Å². The van der Waals surface area contributed by atoms with Crippen LogP contribution in [0.4, 0.5) is 0 Å². The van der Waals surface area contributed by atoms with Gasteiger partial charge in [-0.2, -0.15) is 0 Å². The van der Waals surface area contributed by atoms with E-state index >= 15 is 0 Å². The first-order valence-corrected chi connectivity index (χ1v) is 6.70. The van der Waals surface area contributed by atoms with Gasteiger partial charge in [0.2, 0.25) is 5.91 Å². The fraction of sp³-hybridized carbons (Fsp3) is 0.500. The largest absolute Gasteiger partial charge is 0.378 e. The monoisotopic (exact) mass is 267 g/mol. The van der Waals surface area contributed by atoms with E-state index in [-0.39, 0.29) is 12.0 Å². The second kappa shape index (κ2) is 6.21. The van der Waals surface area contributed by atoms with Crippen molar-refractivity contribution in [3.05, 3.63) is 35.9 Å². The number of ether oxygens (including phenoxy) is 1. The highest BCUT2D eigenvalue weighted by Crippen LogP contribution is 2.22. The van der Waals surface area contributed by atoms with E-state index in [1.165, 1.54) is 0 Å². The molecule has 1 fully saturated rings. The van der Waals surface area contributed by atoms with Gasteiger partial charge >= 0.3 is 0 Å². The van der Waals surface area contributed by atoms with Crippen molar-refractivity contribution in [2.45, 2.75) is 24.8 Å². The first kappa shape index (κ1) is 13.4. The Morgan fingerprint density at radius 3 is 2.83 bits per heavy atom. The third kappa shape index (κ3) is 3.24. The van der Waals surface area contributed by atoms with Crippen molar-refractivity contribution in [3.63, 3.8) is 0 Å². The van der Waals surface area contributed by atoms with E-state index in [1.54, 1.807) is 0 Å². The lowest BCUT2D eigenvalue weighted by Gasteiger charge is -2.16. The lowest BCUT2D eigenvalue weighted by atomic mass is 10.0. The van der Waals surface area contributed by atoms with E-state index < -0.39 is 5.38 Å². The number of amides is 1. The molecule has 1 aliphatic rings. The molecule has 98 valence electrons. The highest BCUT2D eigenvalue weighted by molar-refractivity contribution is 6.30. The fourth-order valence-corrected chi connectivity index (χ4v) is 2.36. The SMILES string of the molecule is CC1OCCC1CNC(=O)C(Cl)c1ccccc1. The second-order valence-corrected chi connectivity index (χ2v) is 5.08. The van der Waals surface area contributed by atoms with E-state index in [9.17, 15) is 4.79 Å². The van der Waals surface area contributed by atoms with Crippen LogP contribution in [-0.4, -0.2) is 25.2 Å². The van der Waals surface area contributed by atoms with Gasteiger partial charge < -0.3 is 10.1 Å². The molecule has 0 aliphatic carbocycles. The average Bonchev–Trinajstić information content (AvgIpc) is 2.81. The van der Waals surface area contributed by atoms with Crippen molar-refractivity contribution in [1.82, 2.24) is 5.32 Å². The minimum atomic E-state index is -0.621. The molecular formula is C14H18ClNO2. The third-order valence-electron chi connectivity index (χ3n) is 3.39. The number of alkyl halides is 1. The Bertz CT molecular complexity index is 396. The Kier molecular flexibility index (Phi) is 4.61. The van der Waals surface area contributed by atoms with Crippen LogP contribution in [0, 0.1) is 5.92 Å². The van der Waals surface area contributed by atoms with Crippen LogP contribution in [0.5, 0.6) is 0 Å². The summed E-state index contributed by atoms with van der Waals surface area (Å²) in [6.07, 6.45) is 1.22. The summed E-state index contributed by atoms with van der Waals surface area (Å²) in [6.45, 7) is 3.46. The zero-order chi connectivity index (χ0) is 13.0. The van der Waals surface area contributed by atoms with E-state index in [0.717, 1.165) is 18.6 Å². The molecular weight excluding hydrogens is 250 g/mol. The summed E-state index contributed by atoms with van der Waals surface area (Å²) >= 11 is 6.14. The summed E-state index contributed by atoms with van der Waals surface area (Å²) in [6, 6.07) is 9.38. The van der Waals surface area contributed by atoms with Crippen molar-refractivity contribution in [3.8, 4) is 0 Å². The normalized spacial score (nSPS) is 24.8. The highest BCUT2D eigenvalue weighted by Gasteiger charge is 2.25. The number of hydrogen-bond acceptors (Lipinski definition) is 2. The van der Waals surface area contributed by atoms with Crippen LogP contribution in [0.15, 0.2) is 30.3 Å². The molecule has 18 heavy (non-hydrogen) atoms. The molecule has 0 radical (unpaired) electrons. The van der Waals surface area contributed by atoms with E-state index in [0.29, 0.717) is 12.5 Å². The summed E-state index contributed by atoms with van der Waals surface area (Å²) in [7, 11) is 0. The summed E-state index contributed by atoms with van der Waals surface area (Å²) in [5.41, 5.74) is 0.826. The zero-order valence-electron chi connectivity index (χ0n) is 10.4. The van der Waals surface area contributed by atoms with Gasteiger partial charge in [-0.15, -0.1) is 11.6 Å². The second-order valence-electron chi connectivity index (χ2n) is 4.64. The minimum absolute atomic E-state index is 0.137. The van der Waals surface area contributed by atoms with Crippen LogP contribution in [0.25, 0.3) is 0 Å². The van der Waals surface area contributed by atoms with E-state index in [2.05, 4.69) is 5.32 Å². The Hall–Kier alpha value is -1.06. The van der Waals surface area contributed by atoms with Gasteiger partial charge in [-0.05, 0) is 18.9 Å². The van der Waals surface area contributed by atoms with Crippen molar-refractivity contribution >= 4 is 17.5 Å². The number of carbonyl (C=O) groups excluding carboxylic acids is 1. The topological polar surface area (TPSA) is 38.3 Å². The maximum absolute atomic E-state index is 11.9. The molecule has 2 rings (SSSR count). The van der Waals surface area contributed by atoms with Gasteiger partial charge in [0.1, 0.15) is 5.38 Å². The maximum atomic E-state index is 11.9. The Morgan fingerprint density at radius 2 is 2.22 bits per heavy atom. The van der Waals surface area contributed by atoms with Crippen molar-refractivity contribution in [2.24, 2.45) is 5.92 Å². The summed E-state index contributed by atoms with van der Waals surface area (Å²) in [5.74, 6) is 0.260. The molecule has 0 aromatic heterocycles. The molecule has 1 saturated heterocycles. The van der Waals surface area contributed by atoms with Crippen molar-refractivity contribution < 1.29 is 9.53 Å². The number of carbonyl (C=O) groups is 1. The van der Waals surface area contributed by atoms with Crippen LogP contribution < -0.4 is 5.32 Å². The summed E-state index contributed by atoms with van der Waals surface area (Å²) in [4.78, 5) is 11.9. The van der Waals surface area contributed by atoms with Gasteiger partial charge in [0.15, 0.2) is 0 Å². The van der Waals surface area contributed by atoms with Crippen LogP contribution in [0.3, 0.4) is 0 Å². The van der Waals surface area contributed by atoms with E-state index in [1.807, 2.05) is 37.3 Å². The van der Waals surface area contributed by atoms with Gasteiger partial charge in [-0.25, -0.2) is 0 Å². The lowest BCUT2D eigenvalue weighted by Crippen LogP contribution is -2.33. The Balaban J connectivity index is 1.84. The number of nitrogens with one attached hydrogen (secondary N) is 1. The molecule has 4 heteroatoms. The van der Waals surface area contributed by atoms with Crippen molar-refractivity contribution in [1.29, 1.82) is 0 Å². The molecule has 1 N–H and O–H groups in total. The molecule has 0 bridgehead atoms. The van der Waals surface area contributed by atoms with Crippen LogP contribution in [0.1, 0.15) is 24.3 Å². The van der Waals surface area contributed by atoms with Gasteiger partial charge in [-0.1, -0.05) is 30.3 Å². The Morgan fingerprint density at radius 1 is 1.50 bits per heavy atom. The number of hydrogen-bond donors (Lipinski definition) is 1. The van der Waals surface area contributed by atoms with Crippen molar-refractivity contribution in [2.75, 3.05) is 13.2 Å². The third-order valence-corrected chi connectivity index (χ3v) is 3.84. The first-order chi connectivity index (χ1) is 8.68. The summed E-state index contributed by atoms with van der Waals surface area (Å²) < 4.78 is 5.46. The number of benzene rings is 1. The first-order valence-electron chi connectivity index (χ1n) is 6.27. The lowest BCUT2D eigenvalue weighted by molar-refractivity contribution is -0.121. The van der Waals surface area contributed by atoms with Gasteiger partial charge in [0.05, 0.1) is 6.10 Å². The Labute approximate surface area is 112 Å². The quantitative estimate of drug-likeness (QED) is 0.852. The smallest absolute Gasteiger partial charge is 0.242 e. The molecule has 1 amide bonds. The standard InChI is InChI=1S/C14H18ClNO2/c1-10-12(7-8-18-10)9-16-14(17)13(15)11-5-3-2-4-6-11/h2-6,10,12-13H,7-9H2,1H3,(H,16,17). The molecule has 1 aromatic carbocycles. The predicted molar refractivity (Wildman–Crippen MR) is 71.6 cm³/mol. The molecule has 0 saturated carbocycles. The van der Waals surface area contributed by atoms with Crippen LogP contribution in [-0.2, 0) is 9.53 Å². The van der Waals surface area contributed by atoms with Gasteiger partial charge in [0, 0.05) is 19.1 Å². The molecule has 3 atom stereocenters. The number of halogens is 1. The van der Waals surface area contributed by atoms with Gasteiger partial charge in [-0.3, -0.25) is 4.79 Å². The fourth-order valence-electron chi connectivity index (χ4n) is 2.14. The minimum Gasteiger partial charge on any atom is -0.378 e. The molecule has 1 aromatic rings. The highest BCUT2D eigenvalue weighted by atomic mass is 35.5. The van der Waals surface area contributed by atoms with Crippen LogP contribution >= 0.6 is 11.6 Å². The average molecular weight is 268 g/mol. The molecule has 0 spiro atoms. The predicted octanol–water partition coefficient (Wildman–Crippen LogP) is 2.51. The molecule has 1 aliphatic heterocycles. The van der Waals surface area contributed by atoms with Crippen LogP contribution in [0.2, 0.25) is 0 Å². The zero-order valence-corrected chi connectivity index (χ0v) is 11.2. The maximum Gasteiger partial charge on any atom is 0.242 e. The number of rotatable bonds is 4. The molecule has 3 nitrogen and oxygen atoms in total. The molecule has 1 heterocycles. The summed E-state index contributed by atoms with van der Waals surface area (Å²) in [5, 5.41) is 2.28. The molecule has 3 unspecified atom stereocenters. The van der Waals surface area contributed by atoms with E-state index in [4.69, 9.17) is 16.3 Å².